The van der Waals surface area contributed by atoms with E-state index in [9.17, 15) is 4.39 Å². The van der Waals surface area contributed by atoms with Crippen LogP contribution in [0.2, 0.25) is 0 Å². The van der Waals surface area contributed by atoms with Crippen molar-refractivity contribution in [3.05, 3.63) is 57.2 Å². The molecule has 7 heteroatoms. The Kier molecular flexibility index (Phi) is 3.71. The summed E-state index contributed by atoms with van der Waals surface area (Å²) in [5, 5.41) is 3.11. The minimum atomic E-state index is -0.255. The fourth-order valence-corrected chi connectivity index (χ4v) is 2.68. The van der Waals surface area contributed by atoms with Gasteiger partial charge in [0.05, 0.1) is 0 Å². The van der Waals surface area contributed by atoms with Crippen molar-refractivity contribution in [2.75, 3.05) is 5.32 Å². The van der Waals surface area contributed by atoms with Gasteiger partial charge >= 0.3 is 0 Å². The van der Waals surface area contributed by atoms with Crippen LogP contribution in [0, 0.1) is 5.82 Å². The number of rotatable bonds is 3. The Hall–Kier alpha value is -1.47. The van der Waals surface area contributed by atoms with Gasteiger partial charge in [-0.1, -0.05) is 15.9 Å². The Morgan fingerprint density at radius 3 is 3.00 bits per heavy atom. The van der Waals surface area contributed by atoms with Gasteiger partial charge in [-0.25, -0.2) is 14.4 Å². The van der Waals surface area contributed by atoms with E-state index < -0.39 is 0 Å². The van der Waals surface area contributed by atoms with Gasteiger partial charge in [0.15, 0.2) is 11.5 Å². The highest BCUT2D eigenvalue weighted by Gasteiger charge is 2.08. The molecule has 1 aromatic carbocycles. The third kappa shape index (κ3) is 2.69. The normalized spacial score (nSPS) is 10.9. The van der Waals surface area contributed by atoms with Crippen LogP contribution in [0.3, 0.4) is 0 Å². The van der Waals surface area contributed by atoms with Gasteiger partial charge < -0.3 is 9.72 Å². The smallest absolute Gasteiger partial charge is 0.180 e. The van der Waals surface area contributed by atoms with Gasteiger partial charge in [-0.3, -0.25) is 0 Å². The second-order valence-electron chi connectivity index (χ2n) is 4.16. The zero-order valence-electron chi connectivity index (χ0n) is 10.1. The molecule has 0 amide bonds. The van der Waals surface area contributed by atoms with Crippen LogP contribution < -0.4 is 5.32 Å². The maximum atomic E-state index is 13.7. The predicted molar refractivity (Wildman–Crippen MR) is 82.1 cm³/mol. The summed E-state index contributed by atoms with van der Waals surface area (Å²) in [6.45, 7) is 0.331. The number of nitrogens with zero attached hydrogens (tertiary/aromatic N) is 3. The lowest BCUT2D eigenvalue weighted by molar-refractivity contribution is 0.612. The summed E-state index contributed by atoms with van der Waals surface area (Å²) in [7, 11) is 0. The van der Waals surface area contributed by atoms with E-state index in [-0.39, 0.29) is 5.82 Å². The van der Waals surface area contributed by atoms with Crippen LogP contribution in [0.4, 0.5) is 10.2 Å². The zero-order valence-corrected chi connectivity index (χ0v) is 13.3. The third-order valence-corrected chi connectivity index (χ3v) is 3.67. The van der Waals surface area contributed by atoms with Crippen LogP contribution >= 0.6 is 31.9 Å². The van der Waals surface area contributed by atoms with E-state index in [1.807, 2.05) is 16.8 Å². The van der Waals surface area contributed by atoms with Gasteiger partial charge in [0, 0.05) is 35.2 Å². The molecule has 3 rings (SSSR count). The van der Waals surface area contributed by atoms with Crippen molar-refractivity contribution >= 4 is 43.3 Å². The maximum absolute atomic E-state index is 13.7. The summed E-state index contributed by atoms with van der Waals surface area (Å²) in [5.74, 6) is 0.346. The van der Waals surface area contributed by atoms with Crippen molar-refractivity contribution < 1.29 is 4.39 Å². The molecule has 20 heavy (non-hydrogen) atoms. The van der Waals surface area contributed by atoms with Gasteiger partial charge in [-0.15, -0.1) is 0 Å². The lowest BCUT2D eigenvalue weighted by Gasteiger charge is -2.09. The highest BCUT2D eigenvalue weighted by molar-refractivity contribution is 9.10. The van der Waals surface area contributed by atoms with Crippen molar-refractivity contribution in [2.45, 2.75) is 6.54 Å². The molecule has 0 aliphatic rings. The van der Waals surface area contributed by atoms with Crippen molar-refractivity contribution in [3.63, 3.8) is 0 Å². The number of hydrogen-bond acceptors (Lipinski definition) is 3. The molecular weight excluding hydrogens is 391 g/mol. The Morgan fingerprint density at radius 2 is 2.15 bits per heavy atom. The molecule has 0 fully saturated rings. The molecule has 0 atom stereocenters. The van der Waals surface area contributed by atoms with Gasteiger partial charge in [0.2, 0.25) is 0 Å². The zero-order chi connectivity index (χ0) is 14.1. The van der Waals surface area contributed by atoms with E-state index in [0.717, 1.165) is 4.47 Å². The average Bonchev–Trinajstić information content (AvgIpc) is 2.87. The number of nitrogens with one attached hydrogen (secondary N) is 1. The minimum Gasteiger partial charge on any atom is -0.363 e. The van der Waals surface area contributed by atoms with Crippen LogP contribution in [-0.4, -0.2) is 14.4 Å². The van der Waals surface area contributed by atoms with Crippen LogP contribution in [0.5, 0.6) is 0 Å². The fraction of sp³-hybridized carbons (Fsp3) is 0.0769. The molecule has 4 nitrogen and oxygen atoms in total. The summed E-state index contributed by atoms with van der Waals surface area (Å²) < 4.78 is 17.1. The summed E-state index contributed by atoms with van der Waals surface area (Å²) in [4.78, 5) is 8.55. The summed E-state index contributed by atoms with van der Waals surface area (Å²) in [6.07, 6.45) is 5.33. The Labute approximate surface area is 131 Å². The van der Waals surface area contributed by atoms with Crippen LogP contribution in [0.15, 0.2) is 45.9 Å². The van der Waals surface area contributed by atoms with Crippen LogP contribution in [-0.2, 0) is 6.54 Å². The summed E-state index contributed by atoms with van der Waals surface area (Å²) >= 11 is 6.67. The number of halogens is 3. The van der Waals surface area contributed by atoms with E-state index in [2.05, 4.69) is 47.1 Å². The molecule has 0 spiro atoms. The van der Waals surface area contributed by atoms with Crippen LogP contribution in [0.1, 0.15) is 5.56 Å². The Balaban J connectivity index is 1.90. The highest BCUT2D eigenvalue weighted by Crippen LogP contribution is 2.20. The largest absolute Gasteiger partial charge is 0.363 e. The van der Waals surface area contributed by atoms with E-state index in [0.29, 0.717) is 28.2 Å². The molecule has 0 saturated carbocycles. The molecule has 102 valence electrons. The summed E-state index contributed by atoms with van der Waals surface area (Å²) in [6, 6.07) is 4.84. The number of anilines is 1. The summed E-state index contributed by atoms with van der Waals surface area (Å²) in [5.41, 5.74) is 1.26. The van der Waals surface area contributed by atoms with Gasteiger partial charge in [-0.2, -0.15) is 0 Å². The van der Waals surface area contributed by atoms with E-state index in [1.54, 1.807) is 18.3 Å². The molecule has 0 aliphatic carbocycles. The van der Waals surface area contributed by atoms with Crippen molar-refractivity contribution in [2.24, 2.45) is 0 Å². The number of hydrogen-bond donors (Lipinski definition) is 1. The second kappa shape index (κ2) is 5.49. The minimum absolute atomic E-state index is 0.255. The molecule has 0 radical (unpaired) electrons. The number of fused-ring (bicyclic) bond motifs is 1. The molecule has 0 aliphatic heterocycles. The first-order valence-corrected chi connectivity index (χ1v) is 7.39. The Morgan fingerprint density at radius 1 is 1.30 bits per heavy atom. The van der Waals surface area contributed by atoms with E-state index in [1.165, 1.54) is 6.07 Å². The molecular formula is C13H9Br2FN4. The first-order valence-electron chi connectivity index (χ1n) is 5.80. The maximum Gasteiger partial charge on any atom is 0.180 e. The first kappa shape index (κ1) is 13.5. The molecule has 0 saturated heterocycles. The lowest BCUT2D eigenvalue weighted by atomic mass is 10.2. The average molecular weight is 400 g/mol. The van der Waals surface area contributed by atoms with Gasteiger partial charge in [0.25, 0.3) is 0 Å². The predicted octanol–water partition coefficient (Wildman–Crippen LogP) is 4.01. The molecule has 1 N–H and O–H groups in total. The number of imidazole rings is 1. The van der Waals surface area contributed by atoms with E-state index in [4.69, 9.17) is 0 Å². The van der Waals surface area contributed by atoms with Gasteiger partial charge in [0.1, 0.15) is 10.4 Å². The topological polar surface area (TPSA) is 42.2 Å². The lowest BCUT2D eigenvalue weighted by Crippen LogP contribution is -2.05. The SMILES string of the molecule is Fc1ccc(Br)cc1CNc1nc(Br)cn2ccnc12. The van der Waals surface area contributed by atoms with Crippen molar-refractivity contribution in [1.29, 1.82) is 0 Å². The third-order valence-electron chi connectivity index (χ3n) is 2.80. The highest BCUT2D eigenvalue weighted by atomic mass is 79.9. The first-order chi connectivity index (χ1) is 9.63. The standard InChI is InChI=1S/C13H9Br2FN4/c14-9-1-2-10(16)8(5-9)6-18-12-13-17-3-4-20(13)7-11(15)19-12/h1-5,7H,6H2,(H,18,19). The fourth-order valence-electron chi connectivity index (χ4n) is 1.88. The number of benzene rings is 1. The van der Waals surface area contributed by atoms with Crippen molar-refractivity contribution in [3.8, 4) is 0 Å². The molecule has 0 unspecified atom stereocenters. The monoisotopic (exact) mass is 398 g/mol. The molecule has 2 aromatic heterocycles. The number of aromatic nitrogens is 3. The molecule has 2 heterocycles. The molecule has 0 bridgehead atoms. The van der Waals surface area contributed by atoms with Gasteiger partial charge in [-0.05, 0) is 34.1 Å². The molecule has 3 aromatic rings. The van der Waals surface area contributed by atoms with Crippen molar-refractivity contribution in [1.82, 2.24) is 14.4 Å². The van der Waals surface area contributed by atoms with E-state index >= 15 is 0 Å². The Bertz CT molecular complexity index is 772. The quantitative estimate of drug-likeness (QED) is 0.723. The van der Waals surface area contributed by atoms with Crippen LogP contribution in [0.25, 0.3) is 5.65 Å². The second-order valence-corrected chi connectivity index (χ2v) is 5.89.